The minimum atomic E-state index is 0.762. The van der Waals surface area contributed by atoms with E-state index in [-0.39, 0.29) is 0 Å². The van der Waals surface area contributed by atoms with Gasteiger partial charge in [-0.15, -0.1) is 0 Å². The van der Waals surface area contributed by atoms with Gasteiger partial charge in [0.15, 0.2) is 0 Å². The van der Waals surface area contributed by atoms with Crippen molar-refractivity contribution in [2.75, 3.05) is 29.9 Å². The Bertz CT molecular complexity index is 340. The fourth-order valence-electron chi connectivity index (χ4n) is 2.17. The number of aromatic nitrogens is 2. The number of hydrogen-bond donors (Lipinski definition) is 1. The first-order valence-electron chi connectivity index (χ1n) is 6.10. The third-order valence-electron chi connectivity index (χ3n) is 2.96. The molecule has 4 nitrogen and oxygen atoms in total. The Hall–Kier alpha value is -1.32. The Labute approximate surface area is 97.1 Å². The zero-order valence-electron chi connectivity index (χ0n) is 10.1. The lowest BCUT2D eigenvalue weighted by Gasteiger charge is -2.31. The summed E-state index contributed by atoms with van der Waals surface area (Å²) in [6, 6.07) is 0. The van der Waals surface area contributed by atoms with Gasteiger partial charge < -0.3 is 10.2 Å². The lowest BCUT2D eigenvalue weighted by Crippen LogP contribution is -2.34. The molecule has 88 valence electrons. The molecule has 0 bridgehead atoms. The smallest absolute Gasteiger partial charge is 0.149 e. The largest absolute Gasteiger partial charge is 0.369 e. The Balaban J connectivity index is 2.09. The lowest BCUT2D eigenvalue weighted by atomic mass is 10.0. The first-order valence-corrected chi connectivity index (χ1v) is 6.10. The maximum absolute atomic E-state index is 4.57. The average Bonchev–Trinajstić information content (AvgIpc) is 2.30. The lowest BCUT2D eigenvalue weighted by molar-refractivity contribution is 0.444. The van der Waals surface area contributed by atoms with Crippen LogP contribution < -0.4 is 10.2 Å². The molecule has 2 heterocycles. The highest BCUT2D eigenvalue weighted by atomic mass is 15.2. The quantitative estimate of drug-likeness (QED) is 0.847. The van der Waals surface area contributed by atoms with Crippen molar-refractivity contribution in [3.63, 3.8) is 0 Å². The Kier molecular flexibility index (Phi) is 3.59. The van der Waals surface area contributed by atoms with Crippen molar-refractivity contribution >= 4 is 11.6 Å². The number of rotatable bonds is 3. The highest BCUT2D eigenvalue weighted by Crippen LogP contribution is 2.21. The van der Waals surface area contributed by atoms with Gasteiger partial charge in [-0.2, -0.15) is 0 Å². The summed E-state index contributed by atoms with van der Waals surface area (Å²) in [6.45, 7) is 7.46. The molecule has 0 amide bonds. The highest BCUT2D eigenvalue weighted by molar-refractivity contribution is 5.44. The average molecular weight is 220 g/mol. The molecule has 1 saturated heterocycles. The standard InChI is InChI=1S/C12H20N4/c1-3-14-11-7-13-8-12(15-11)16-6-4-5-10(2)9-16/h7-8,10H,3-6,9H2,1-2H3,(H,14,15). The van der Waals surface area contributed by atoms with E-state index in [2.05, 4.69) is 34.0 Å². The molecule has 0 spiro atoms. The fraction of sp³-hybridized carbons (Fsp3) is 0.667. The second-order valence-corrected chi connectivity index (χ2v) is 4.49. The van der Waals surface area contributed by atoms with E-state index >= 15 is 0 Å². The molecule has 1 aromatic heterocycles. The van der Waals surface area contributed by atoms with Crippen LogP contribution in [0.1, 0.15) is 26.7 Å². The molecule has 2 rings (SSSR count). The molecule has 1 aliphatic rings. The predicted octanol–water partition coefficient (Wildman–Crippen LogP) is 2.14. The van der Waals surface area contributed by atoms with Crippen LogP contribution in [0.3, 0.4) is 0 Å². The highest BCUT2D eigenvalue weighted by Gasteiger charge is 2.17. The number of nitrogens with zero attached hydrogens (tertiary/aromatic N) is 3. The molecule has 1 fully saturated rings. The first-order chi connectivity index (χ1) is 7.79. The molecular formula is C12H20N4. The second-order valence-electron chi connectivity index (χ2n) is 4.49. The van der Waals surface area contributed by atoms with E-state index in [1.165, 1.54) is 12.8 Å². The van der Waals surface area contributed by atoms with Crippen LogP contribution in [-0.2, 0) is 0 Å². The molecule has 1 aliphatic heterocycles. The monoisotopic (exact) mass is 220 g/mol. The van der Waals surface area contributed by atoms with Gasteiger partial charge in [-0.3, -0.25) is 4.98 Å². The molecule has 0 aromatic carbocycles. The van der Waals surface area contributed by atoms with Crippen LogP contribution in [0.4, 0.5) is 11.6 Å². The number of piperidine rings is 1. The second kappa shape index (κ2) is 5.14. The van der Waals surface area contributed by atoms with Gasteiger partial charge in [0.1, 0.15) is 11.6 Å². The third-order valence-corrected chi connectivity index (χ3v) is 2.96. The van der Waals surface area contributed by atoms with Crippen molar-refractivity contribution < 1.29 is 0 Å². The van der Waals surface area contributed by atoms with Crippen LogP contribution in [0.2, 0.25) is 0 Å². The maximum Gasteiger partial charge on any atom is 0.149 e. The van der Waals surface area contributed by atoms with Crippen molar-refractivity contribution in [3.05, 3.63) is 12.4 Å². The van der Waals surface area contributed by atoms with Crippen molar-refractivity contribution in [3.8, 4) is 0 Å². The molecule has 4 heteroatoms. The molecule has 16 heavy (non-hydrogen) atoms. The normalized spacial score (nSPS) is 20.9. The minimum Gasteiger partial charge on any atom is -0.369 e. The van der Waals surface area contributed by atoms with Crippen molar-refractivity contribution in [2.45, 2.75) is 26.7 Å². The minimum absolute atomic E-state index is 0.762. The zero-order chi connectivity index (χ0) is 11.4. The van der Waals surface area contributed by atoms with Gasteiger partial charge in [-0.05, 0) is 25.7 Å². The van der Waals surface area contributed by atoms with Crippen molar-refractivity contribution in [1.29, 1.82) is 0 Å². The summed E-state index contributed by atoms with van der Waals surface area (Å²) >= 11 is 0. The fourth-order valence-corrected chi connectivity index (χ4v) is 2.17. The summed E-state index contributed by atoms with van der Waals surface area (Å²) < 4.78 is 0. The summed E-state index contributed by atoms with van der Waals surface area (Å²) in [5, 5.41) is 3.20. The van der Waals surface area contributed by atoms with E-state index in [1.54, 1.807) is 6.20 Å². The van der Waals surface area contributed by atoms with Crippen molar-refractivity contribution in [1.82, 2.24) is 9.97 Å². The van der Waals surface area contributed by atoms with E-state index in [0.717, 1.165) is 37.2 Å². The molecule has 1 atom stereocenters. The van der Waals surface area contributed by atoms with Crippen LogP contribution in [0.5, 0.6) is 0 Å². The maximum atomic E-state index is 4.57. The topological polar surface area (TPSA) is 41.1 Å². The SMILES string of the molecule is CCNc1cncc(N2CCCC(C)C2)n1. The van der Waals surface area contributed by atoms with Crippen LogP contribution in [-0.4, -0.2) is 29.6 Å². The summed E-state index contributed by atoms with van der Waals surface area (Å²) in [6.07, 6.45) is 6.23. The number of nitrogens with one attached hydrogen (secondary N) is 1. The summed E-state index contributed by atoms with van der Waals surface area (Å²) in [7, 11) is 0. The summed E-state index contributed by atoms with van der Waals surface area (Å²) in [4.78, 5) is 11.1. The molecule has 1 N–H and O–H groups in total. The molecule has 0 saturated carbocycles. The van der Waals surface area contributed by atoms with Gasteiger partial charge in [0.25, 0.3) is 0 Å². The Morgan fingerprint density at radius 3 is 3.12 bits per heavy atom. The van der Waals surface area contributed by atoms with E-state index in [1.807, 2.05) is 6.20 Å². The van der Waals surface area contributed by atoms with Gasteiger partial charge >= 0.3 is 0 Å². The van der Waals surface area contributed by atoms with E-state index in [9.17, 15) is 0 Å². The van der Waals surface area contributed by atoms with Gasteiger partial charge in [-0.25, -0.2) is 4.98 Å². The van der Waals surface area contributed by atoms with E-state index in [4.69, 9.17) is 0 Å². The van der Waals surface area contributed by atoms with Crippen molar-refractivity contribution in [2.24, 2.45) is 5.92 Å². The molecule has 1 unspecified atom stereocenters. The molecule has 1 aromatic rings. The molecular weight excluding hydrogens is 200 g/mol. The van der Waals surface area contributed by atoms with Crippen LogP contribution in [0.25, 0.3) is 0 Å². The number of hydrogen-bond acceptors (Lipinski definition) is 4. The summed E-state index contributed by atoms with van der Waals surface area (Å²) in [5.41, 5.74) is 0. The molecule has 0 radical (unpaired) electrons. The van der Waals surface area contributed by atoms with Gasteiger partial charge in [0.05, 0.1) is 12.4 Å². The van der Waals surface area contributed by atoms with Gasteiger partial charge in [-0.1, -0.05) is 6.92 Å². The van der Waals surface area contributed by atoms with Gasteiger partial charge in [0, 0.05) is 19.6 Å². The van der Waals surface area contributed by atoms with Crippen LogP contribution >= 0.6 is 0 Å². The van der Waals surface area contributed by atoms with E-state index < -0.39 is 0 Å². The Morgan fingerprint density at radius 2 is 2.38 bits per heavy atom. The van der Waals surface area contributed by atoms with Crippen LogP contribution in [0.15, 0.2) is 12.4 Å². The van der Waals surface area contributed by atoms with Gasteiger partial charge in [0.2, 0.25) is 0 Å². The van der Waals surface area contributed by atoms with Crippen LogP contribution in [0, 0.1) is 5.92 Å². The summed E-state index contributed by atoms with van der Waals surface area (Å²) in [5.74, 6) is 2.64. The predicted molar refractivity (Wildman–Crippen MR) is 66.8 cm³/mol. The zero-order valence-corrected chi connectivity index (χ0v) is 10.1. The third kappa shape index (κ3) is 2.62. The van der Waals surface area contributed by atoms with E-state index in [0.29, 0.717) is 0 Å². The first kappa shape index (κ1) is 11.2. The molecule has 0 aliphatic carbocycles. The Morgan fingerprint density at radius 1 is 1.50 bits per heavy atom. The number of anilines is 2.